The Kier molecular flexibility index (Phi) is 4.75. The summed E-state index contributed by atoms with van der Waals surface area (Å²) >= 11 is 5.15. The summed E-state index contributed by atoms with van der Waals surface area (Å²) in [4.78, 5) is 13.5. The van der Waals surface area contributed by atoms with Crippen molar-refractivity contribution in [3.05, 3.63) is 32.6 Å². The van der Waals surface area contributed by atoms with Gasteiger partial charge in [0, 0.05) is 35.5 Å². The minimum Gasteiger partial charge on any atom is -0.370 e. The van der Waals surface area contributed by atoms with Crippen molar-refractivity contribution in [1.82, 2.24) is 15.0 Å². The minimum atomic E-state index is -0.0629. The Morgan fingerprint density at radius 3 is 2.60 bits per heavy atom. The summed E-state index contributed by atoms with van der Waals surface area (Å²) in [6.07, 6.45) is 0.908. The van der Waals surface area contributed by atoms with Gasteiger partial charge in [-0.3, -0.25) is 0 Å². The van der Waals surface area contributed by atoms with Gasteiger partial charge in [-0.1, -0.05) is 20.8 Å². The van der Waals surface area contributed by atoms with Gasteiger partial charge in [0.15, 0.2) is 0 Å². The molecule has 2 aromatic heterocycles. The van der Waals surface area contributed by atoms with Crippen molar-refractivity contribution >= 4 is 33.1 Å². The number of aromatic nitrogens is 3. The molecule has 1 N–H and O–H groups in total. The van der Waals surface area contributed by atoms with Gasteiger partial charge >= 0.3 is 0 Å². The second-order valence-electron chi connectivity index (χ2n) is 5.71. The molecule has 108 valence electrons. The third-order valence-corrected chi connectivity index (χ3v) is 4.11. The molecule has 0 bridgehead atoms. The smallest absolute Gasteiger partial charge is 0.137 e. The molecule has 20 heavy (non-hydrogen) atoms. The molecule has 0 unspecified atom stereocenters. The molecule has 2 heterocycles. The number of thiazole rings is 1. The Bertz CT molecular complexity index is 589. The largest absolute Gasteiger partial charge is 0.370 e. The fraction of sp³-hybridized carbons (Fsp3) is 0.500. The Labute approximate surface area is 132 Å². The number of rotatable bonds is 4. The number of halogens is 1. The van der Waals surface area contributed by atoms with Crippen LogP contribution >= 0.6 is 27.3 Å². The second-order valence-corrected chi connectivity index (χ2v) is 7.46. The van der Waals surface area contributed by atoms with Crippen LogP contribution < -0.4 is 5.32 Å². The lowest BCUT2D eigenvalue weighted by atomic mass is 9.96. The number of aryl methyl sites for hydroxylation is 1. The zero-order valence-electron chi connectivity index (χ0n) is 12.2. The number of anilines is 1. The molecular formula is C14H19BrN4S. The molecule has 0 aliphatic heterocycles. The van der Waals surface area contributed by atoms with Crippen molar-refractivity contribution in [1.29, 1.82) is 0 Å². The molecule has 0 saturated carbocycles. The van der Waals surface area contributed by atoms with Crippen LogP contribution in [0.25, 0.3) is 0 Å². The van der Waals surface area contributed by atoms with Crippen LogP contribution in [-0.4, -0.2) is 21.5 Å². The standard InChI is InChI=1S/C14H19BrN4S/c1-9-8-20-12(17-9)5-6-16-11-7-10(15)18-13(19-11)14(2,3)4/h7-8H,5-6H2,1-4H3,(H,16,18,19). The molecule has 0 amide bonds. The van der Waals surface area contributed by atoms with E-state index in [0.29, 0.717) is 0 Å². The molecule has 2 rings (SSSR count). The van der Waals surface area contributed by atoms with E-state index in [2.05, 4.69) is 62.3 Å². The van der Waals surface area contributed by atoms with Gasteiger partial charge in [-0.2, -0.15) is 0 Å². The Morgan fingerprint density at radius 2 is 2.00 bits per heavy atom. The third kappa shape index (κ3) is 4.24. The summed E-state index contributed by atoms with van der Waals surface area (Å²) in [6.45, 7) is 9.16. The van der Waals surface area contributed by atoms with Gasteiger partial charge < -0.3 is 5.32 Å². The molecule has 0 aliphatic carbocycles. The van der Waals surface area contributed by atoms with Crippen molar-refractivity contribution in [3.8, 4) is 0 Å². The van der Waals surface area contributed by atoms with Crippen LogP contribution in [0.5, 0.6) is 0 Å². The van der Waals surface area contributed by atoms with E-state index in [4.69, 9.17) is 0 Å². The quantitative estimate of drug-likeness (QED) is 0.844. The summed E-state index contributed by atoms with van der Waals surface area (Å²) in [7, 11) is 0. The highest BCUT2D eigenvalue weighted by molar-refractivity contribution is 9.10. The van der Waals surface area contributed by atoms with Gasteiger partial charge in [-0.05, 0) is 22.9 Å². The highest BCUT2D eigenvalue weighted by Crippen LogP contribution is 2.22. The van der Waals surface area contributed by atoms with Crippen LogP contribution in [-0.2, 0) is 11.8 Å². The Morgan fingerprint density at radius 1 is 1.25 bits per heavy atom. The highest BCUT2D eigenvalue weighted by Gasteiger charge is 2.18. The number of hydrogen-bond donors (Lipinski definition) is 1. The molecule has 0 saturated heterocycles. The molecule has 6 heteroatoms. The predicted octanol–water partition coefficient (Wildman–Crippen LogP) is 3.96. The van der Waals surface area contributed by atoms with Crippen molar-refractivity contribution in [3.63, 3.8) is 0 Å². The zero-order chi connectivity index (χ0) is 14.8. The molecule has 0 spiro atoms. The second kappa shape index (κ2) is 6.18. The van der Waals surface area contributed by atoms with Crippen LogP contribution in [0, 0.1) is 6.92 Å². The lowest BCUT2D eigenvalue weighted by molar-refractivity contribution is 0.544. The average Bonchev–Trinajstić information content (AvgIpc) is 2.73. The van der Waals surface area contributed by atoms with Gasteiger partial charge in [0.1, 0.15) is 16.2 Å². The molecular weight excluding hydrogens is 336 g/mol. The van der Waals surface area contributed by atoms with E-state index >= 15 is 0 Å². The Hall–Kier alpha value is -1.01. The van der Waals surface area contributed by atoms with Gasteiger partial charge in [0.05, 0.1) is 5.01 Å². The van der Waals surface area contributed by atoms with E-state index in [9.17, 15) is 0 Å². The van der Waals surface area contributed by atoms with E-state index in [-0.39, 0.29) is 5.41 Å². The van der Waals surface area contributed by atoms with Crippen molar-refractivity contribution < 1.29 is 0 Å². The van der Waals surface area contributed by atoms with Crippen molar-refractivity contribution in [2.45, 2.75) is 39.5 Å². The van der Waals surface area contributed by atoms with E-state index < -0.39 is 0 Å². The first kappa shape index (κ1) is 15.4. The monoisotopic (exact) mass is 354 g/mol. The molecule has 2 aromatic rings. The molecule has 0 radical (unpaired) electrons. The van der Waals surface area contributed by atoms with Gasteiger partial charge in [0.25, 0.3) is 0 Å². The molecule has 0 aliphatic rings. The van der Waals surface area contributed by atoms with Gasteiger partial charge in [-0.15, -0.1) is 11.3 Å². The summed E-state index contributed by atoms with van der Waals surface area (Å²) in [5.41, 5.74) is 1.02. The zero-order valence-corrected chi connectivity index (χ0v) is 14.6. The minimum absolute atomic E-state index is 0.0629. The third-order valence-electron chi connectivity index (χ3n) is 2.68. The SMILES string of the molecule is Cc1csc(CCNc2cc(Br)nc(C(C)(C)C)n2)n1. The fourth-order valence-corrected chi connectivity index (χ4v) is 2.82. The molecule has 0 fully saturated rings. The maximum Gasteiger partial charge on any atom is 0.137 e. The number of hydrogen-bond acceptors (Lipinski definition) is 5. The fourth-order valence-electron chi connectivity index (χ4n) is 1.66. The maximum absolute atomic E-state index is 4.57. The highest BCUT2D eigenvalue weighted by atomic mass is 79.9. The number of nitrogens with one attached hydrogen (secondary N) is 1. The molecule has 4 nitrogen and oxygen atoms in total. The van der Waals surface area contributed by atoms with Crippen LogP contribution in [0.15, 0.2) is 16.0 Å². The van der Waals surface area contributed by atoms with E-state index in [1.54, 1.807) is 11.3 Å². The summed E-state index contributed by atoms with van der Waals surface area (Å²) in [5.74, 6) is 1.68. The summed E-state index contributed by atoms with van der Waals surface area (Å²) in [5, 5.41) is 6.57. The van der Waals surface area contributed by atoms with Crippen LogP contribution in [0.2, 0.25) is 0 Å². The van der Waals surface area contributed by atoms with Crippen molar-refractivity contribution in [2.75, 3.05) is 11.9 Å². The lowest BCUT2D eigenvalue weighted by Gasteiger charge is -2.17. The summed E-state index contributed by atoms with van der Waals surface area (Å²) in [6, 6.07) is 1.91. The van der Waals surface area contributed by atoms with Gasteiger partial charge in [0.2, 0.25) is 0 Å². The van der Waals surface area contributed by atoms with Crippen molar-refractivity contribution in [2.24, 2.45) is 0 Å². The number of nitrogens with zero attached hydrogens (tertiary/aromatic N) is 3. The van der Waals surface area contributed by atoms with E-state index in [0.717, 1.165) is 39.9 Å². The first-order valence-electron chi connectivity index (χ1n) is 6.54. The Balaban J connectivity index is 2.00. The predicted molar refractivity (Wildman–Crippen MR) is 87.5 cm³/mol. The molecule has 0 atom stereocenters. The molecule has 0 aromatic carbocycles. The first-order chi connectivity index (χ1) is 9.34. The van der Waals surface area contributed by atoms with Gasteiger partial charge in [-0.25, -0.2) is 15.0 Å². The average molecular weight is 355 g/mol. The summed E-state index contributed by atoms with van der Waals surface area (Å²) < 4.78 is 0.810. The van der Waals surface area contributed by atoms with E-state index in [1.807, 2.05) is 13.0 Å². The topological polar surface area (TPSA) is 50.7 Å². The normalized spacial score (nSPS) is 11.7. The maximum atomic E-state index is 4.57. The van der Waals surface area contributed by atoms with Crippen LogP contribution in [0.3, 0.4) is 0 Å². The van der Waals surface area contributed by atoms with Crippen LogP contribution in [0.1, 0.15) is 37.3 Å². The van der Waals surface area contributed by atoms with E-state index in [1.165, 1.54) is 0 Å². The lowest BCUT2D eigenvalue weighted by Crippen LogP contribution is -2.18. The first-order valence-corrected chi connectivity index (χ1v) is 8.22. The van der Waals surface area contributed by atoms with Crippen LogP contribution in [0.4, 0.5) is 5.82 Å².